The number of carbonyl (C=O) groups is 1. The largest absolute Gasteiger partial charge is 0.394 e. The van der Waals surface area contributed by atoms with Crippen LogP contribution in [0.4, 0.5) is 0 Å². The van der Waals surface area contributed by atoms with Crippen molar-refractivity contribution in [1.29, 1.82) is 0 Å². The van der Waals surface area contributed by atoms with Crippen molar-refractivity contribution in [1.82, 2.24) is 5.32 Å². The molecule has 0 heterocycles. The van der Waals surface area contributed by atoms with Crippen LogP contribution in [0.3, 0.4) is 0 Å². The van der Waals surface area contributed by atoms with Crippen molar-refractivity contribution in [2.45, 2.75) is 154 Å². The number of allylic oxidation sites excluding steroid dienone is 5. The van der Waals surface area contributed by atoms with Crippen molar-refractivity contribution in [3.63, 3.8) is 0 Å². The Morgan fingerprint density at radius 1 is 0.649 bits per heavy atom. The average molecular weight is 522 g/mol. The highest BCUT2D eigenvalue weighted by Crippen LogP contribution is 2.10. The molecule has 0 aromatic rings. The predicted octanol–water partition coefficient (Wildman–Crippen LogP) is 7.31. The minimum Gasteiger partial charge on any atom is -0.394 e. The molecule has 3 unspecified atom stereocenters. The summed E-state index contributed by atoms with van der Waals surface area (Å²) in [5, 5.41) is 32.6. The van der Waals surface area contributed by atoms with Crippen molar-refractivity contribution in [3.05, 3.63) is 36.5 Å². The summed E-state index contributed by atoms with van der Waals surface area (Å²) < 4.78 is 0. The maximum atomic E-state index is 12.3. The monoisotopic (exact) mass is 521 g/mol. The molecule has 0 aromatic carbocycles. The predicted molar refractivity (Wildman–Crippen MR) is 158 cm³/mol. The van der Waals surface area contributed by atoms with Gasteiger partial charge in [-0.05, 0) is 51.4 Å². The van der Waals surface area contributed by atoms with E-state index < -0.39 is 24.2 Å². The van der Waals surface area contributed by atoms with E-state index in [4.69, 9.17) is 0 Å². The summed E-state index contributed by atoms with van der Waals surface area (Å²) in [6.45, 7) is 4.06. The Balaban J connectivity index is 3.93. The fourth-order valence-electron chi connectivity index (χ4n) is 4.18. The summed E-state index contributed by atoms with van der Waals surface area (Å²) in [6.07, 6.45) is 31.5. The number of aliphatic hydroxyl groups is 3. The van der Waals surface area contributed by atoms with Crippen molar-refractivity contribution >= 4 is 5.91 Å². The van der Waals surface area contributed by atoms with Gasteiger partial charge in [0.1, 0.15) is 6.10 Å². The molecule has 0 fully saturated rings. The molecule has 5 heteroatoms. The van der Waals surface area contributed by atoms with Gasteiger partial charge in [0.25, 0.3) is 0 Å². The number of hydrogen-bond donors (Lipinski definition) is 4. The standard InChI is InChI=1S/C32H59NO4/c1-3-5-7-9-11-13-15-16-17-19-20-22-24-26-30(35)29(28-34)33-32(37)31(36)27-25-23-21-18-14-12-10-8-6-4-2/h10,12,17,19,24,26,29-31,34-36H,3-9,11,13-16,18,20-23,25,27-28H2,1-2H3,(H,33,37)/b12-10-,19-17+,26-24+. The molecule has 0 saturated heterocycles. The molecule has 0 saturated carbocycles. The second-order valence-electron chi connectivity index (χ2n) is 10.3. The van der Waals surface area contributed by atoms with Crippen LogP contribution >= 0.6 is 0 Å². The molecule has 1 amide bonds. The highest BCUT2D eigenvalue weighted by Gasteiger charge is 2.22. The summed E-state index contributed by atoms with van der Waals surface area (Å²) in [7, 11) is 0. The first-order chi connectivity index (χ1) is 18.1. The maximum Gasteiger partial charge on any atom is 0.249 e. The van der Waals surface area contributed by atoms with E-state index in [1.807, 2.05) is 6.08 Å². The Bertz CT molecular complexity index is 587. The van der Waals surface area contributed by atoms with E-state index in [1.54, 1.807) is 6.08 Å². The number of unbranched alkanes of at least 4 members (excludes halogenated alkanes) is 14. The summed E-state index contributed by atoms with van der Waals surface area (Å²) in [5.74, 6) is -0.529. The van der Waals surface area contributed by atoms with Crippen LogP contribution < -0.4 is 5.32 Å². The summed E-state index contributed by atoms with van der Waals surface area (Å²) >= 11 is 0. The topological polar surface area (TPSA) is 89.8 Å². The molecule has 0 aliphatic heterocycles. The van der Waals surface area contributed by atoms with Gasteiger partial charge in [-0.15, -0.1) is 0 Å². The molecule has 0 aromatic heterocycles. The fourth-order valence-corrected chi connectivity index (χ4v) is 4.18. The van der Waals surface area contributed by atoms with Gasteiger partial charge in [0.05, 0.1) is 18.8 Å². The fraction of sp³-hybridized carbons (Fsp3) is 0.781. The summed E-state index contributed by atoms with van der Waals surface area (Å²) in [6, 6.07) is -0.814. The van der Waals surface area contributed by atoms with E-state index in [0.29, 0.717) is 6.42 Å². The Morgan fingerprint density at radius 3 is 1.73 bits per heavy atom. The lowest BCUT2D eigenvalue weighted by molar-refractivity contribution is -0.131. The second-order valence-corrected chi connectivity index (χ2v) is 10.3. The third-order valence-corrected chi connectivity index (χ3v) is 6.70. The lowest BCUT2D eigenvalue weighted by atomic mass is 10.1. The zero-order chi connectivity index (χ0) is 27.4. The van der Waals surface area contributed by atoms with Crippen LogP contribution in [0.5, 0.6) is 0 Å². The Kier molecular flexibility index (Phi) is 26.5. The van der Waals surface area contributed by atoms with Gasteiger partial charge in [-0.2, -0.15) is 0 Å². The van der Waals surface area contributed by atoms with Crippen molar-refractivity contribution in [2.75, 3.05) is 6.61 Å². The lowest BCUT2D eigenvalue weighted by Crippen LogP contribution is -2.48. The highest BCUT2D eigenvalue weighted by molar-refractivity contribution is 5.80. The summed E-state index contributed by atoms with van der Waals surface area (Å²) in [4.78, 5) is 12.3. The van der Waals surface area contributed by atoms with E-state index in [1.165, 1.54) is 57.8 Å². The van der Waals surface area contributed by atoms with Gasteiger partial charge in [0, 0.05) is 0 Å². The Morgan fingerprint density at radius 2 is 1.14 bits per heavy atom. The molecular formula is C32H59NO4. The maximum absolute atomic E-state index is 12.3. The summed E-state index contributed by atoms with van der Waals surface area (Å²) in [5.41, 5.74) is 0. The van der Waals surface area contributed by atoms with Gasteiger partial charge < -0.3 is 20.6 Å². The van der Waals surface area contributed by atoms with Crippen LogP contribution in [0.2, 0.25) is 0 Å². The van der Waals surface area contributed by atoms with E-state index >= 15 is 0 Å². The van der Waals surface area contributed by atoms with Crippen LogP contribution in [0.1, 0.15) is 136 Å². The molecule has 216 valence electrons. The first-order valence-electron chi connectivity index (χ1n) is 15.3. The van der Waals surface area contributed by atoms with Crippen LogP contribution in [0.25, 0.3) is 0 Å². The molecule has 3 atom stereocenters. The Hall–Kier alpha value is -1.43. The van der Waals surface area contributed by atoms with E-state index in [0.717, 1.165) is 57.8 Å². The third kappa shape index (κ3) is 23.4. The van der Waals surface area contributed by atoms with E-state index in [9.17, 15) is 20.1 Å². The first kappa shape index (κ1) is 35.6. The molecular weight excluding hydrogens is 462 g/mol. The van der Waals surface area contributed by atoms with Crippen LogP contribution in [0.15, 0.2) is 36.5 Å². The molecule has 0 aliphatic carbocycles. The highest BCUT2D eigenvalue weighted by atomic mass is 16.3. The number of amides is 1. The second kappa shape index (κ2) is 27.6. The minimum atomic E-state index is -1.11. The van der Waals surface area contributed by atoms with Gasteiger partial charge in [-0.3, -0.25) is 4.79 Å². The van der Waals surface area contributed by atoms with Crippen LogP contribution in [-0.2, 0) is 4.79 Å². The molecule has 0 rings (SSSR count). The van der Waals surface area contributed by atoms with Crippen LogP contribution in [0, 0.1) is 0 Å². The number of nitrogens with one attached hydrogen (secondary N) is 1. The molecule has 4 N–H and O–H groups in total. The van der Waals surface area contributed by atoms with Crippen molar-refractivity contribution in [3.8, 4) is 0 Å². The zero-order valence-electron chi connectivity index (χ0n) is 24.1. The van der Waals surface area contributed by atoms with E-state index in [-0.39, 0.29) is 6.61 Å². The molecule has 0 aliphatic rings. The lowest BCUT2D eigenvalue weighted by Gasteiger charge is -2.21. The van der Waals surface area contributed by atoms with Gasteiger partial charge in [-0.25, -0.2) is 0 Å². The van der Waals surface area contributed by atoms with Gasteiger partial charge in [-0.1, -0.05) is 121 Å². The van der Waals surface area contributed by atoms with Crippen molar-refractivity contribution in [2.24, 2.45) is 0 Å². The van der Waals surface area contributed by atoms with E-state index in [2.05, 4.69) is 43.5 Å². The SMILES string of the molecule is CCCC/C=C\CCCCCCC(O)C(=O)NC(CO)C(O)/C=C/CC/C=C/CCCCCCCCC. The smallest absolute Gasteiger partial charge is 0.249 e. The number of hydrogen-bond acceptors (Lipinski definition) is 4. The molecule has 0 bridgehead atoms. The number of carbonyl (C=O) groups excluding carboxylic acids is 1. The average Bonchev–Trinajstić information content (AvgIpc) is 2.90. The van der Waals surface area contributed by atoms with Gasteiger partial charge >= 0.3 is 0 Å². The number of aliphatic hydroxyl groups excluding tert-OH is 3. The van der Waals surface area contributed by atoms with Crippen molar-refractivity contribution < 1.29 is 20.1 Å². The minimum absolute atomic E-state index is 0.381. The van der Waals surface area contributed by atoms with Gasteiger partial charge in [0.15, 0.2) is 0 Å². The quantitative estimate of drug-likeness (QED) is 0.0710. The molecule has 0 spiro atoms. The van der Waals surface area contributed by atoms with Crippen LogP contribution in [-0.4, -0.2) is 46.1 Å². The first-order valence-corrected chi connectivity index (χ1v) is 15.3. The zero-order valence-corrected chi connectivity index (χ0v) is 24.1. The molecule has 37 heavy (non-hydrogen) atoms. The third-order valence-electron chi connectivity index (χ3n) is 6.70. The normalized spacial score (nSPS) is 14.6. The Labute approximate surface area is 228 Å². The molecule has 0 radical (unpaired) electrons. The molecule has 5 nitrogen and oxygen atoms in total. The van der Waals surface area contributed by atoms with Gasteiger partial charge in [0.2, 0.25) is 5.91 Å². The number of rotatable bonds is 26.